The van der Waals surface area contributed by atoms with Crippen LogP contribution in [0.5, 0.6) is 0 Å². The molecule has 0 radical (unpaired) electrons. The maximum absolute atomic E-state index is 11.5. The monoisotopic (exact) mass is 277 g/mol. The molecule has 0 aliphatic carbocycles. The van der Waals surface area contributed by atoms with Crippen molar-refractivity contribution < 1.29 is 14.7 Å². The molecule has 0 aromatic heterocycles. The fourth-order valence-electron chi connectivity index (χ4n) is 1.64. The predicted octanol–water partition coefficient (Wildman–Crippen LogP) is -0.000000000000000167. The van der Waals surface area contributed by atoms with Crippen LogP contribution in [0.1, 0.15) is 18.4 Å². The average molecular weight is 277 g/mol. The van der Waals surface area contributed by atoms with Crippen LogP contribution < -0.4 is 11.1 Å². The first-order chi connectivity index (χ1) is 9.67. The average Bonchev–Trinajstić information content (AvgIpc) is 2.49. The van der Waals surface area contributed by atoms with Crippen molar-refractivity contribution >= 4 is 18.0 Å². The lowest BCUT2D eigenvalue weighted by atomic mass is 10.1. The number of rotatable bonds is 8. The molecule has 1 aromatic rings. The molecule has 1 aromatic carbocycles. The van der Waals surface area contributed by atoms with Gasteiger partial charge in [-0.1, -0.05) is 30.3 Å². The molecule has 6 nitrogen and oxygen atoms in total. The van der Waals surface area contributed by atoms with E-state index >= 15 is 0 Å². The first-order valence-corrected chi connectivity index (χ1v) is 6.35. The lowest BCUT2D eigenvalue weighted by molar-refractivity contribution is -0.123. The summed E-state index contributed by atoms with van der Waals surface area (Å²) >= 11 is 0. The van der Waals surface area contributed by atoms with Gasteiger partial charge in [0.05, 0.1) is 12.6 Å². The molecule has 6 heteroatoms. The van der Waals surface area contributed by atoms with Crippen molar-refractivity contribution in [3.8, 4) is 0 Å². The standard InChI is InChI=1S/C14H19N3O3/c15-14(16-9-11-5-2-1-3-6-11)17-12(7-4-8-18)13(20)10-19/h1-3,5-6,8,12,19H,4,7,9-10H2,(H3,15,16,17). The Morgan fingerprint density at radius 2 is 2.10 bits per heavy atom. The summed E-state index contributed by atoms with van der Waals surface area (Å²) in [6.07, 6.45) is 1.22. The molecule has 1 unspecified atom stereocenters. The van der Waals surface area contributed by atoms with Gasteiger partial charge in [0.15, 0.2) is 11.7 Å². The largest absolute Gasteiger partial charge is 0.389 e. The molecular formula is C14H19N3O3. The normalized spacial score (nSPS) is 12.8. The van der Waals surface area contributed by atoms with Gasteiger partial charge in [0, 0.05) is 6.42 Å². The number of nitrogens with zero attached hydrogens (tertiary/aromatic N) is 1. The summed E-state index contributed by atoms with van der Waals surface area (Å²) < 4.78 is 0. The molecule has 1 rings (SSSR count). The fraction of sp³-hybridized carbons (Fsp3) is 0.357. The first kappa shape index (κ1) is 15.8. The summed E-state index contributed by atoms with van der Waals surface area (Å²) in [5, 5.41) is 11.6. The van der Waals surface area contributed by atoms with Crippen LogP contribution in [-0.4, -0.2) is 35.8 Å². The van der Waals surface area contributed by atoms with Crippen LogP contribution in [0.3, 0.4) is 0 Å². The highest BCUT2D eigenvalue weighted by Gasteiger charge is 2.17. The van der Waals surface area contributed by atoms with E-state index in [0.29, 0.717) is 6.54 Å². The van der Waals surface area contributed by atoms with Gasteiger partial charge in [0.25, 0.3) is 0 Å². The van der Waals surface area contributed by atoms with Crippen molar-refractivity contribution in [3.05, 3.63) is 35.9 Å². The van der Waals surface area contributed by atoms with Crippen molar-refractivity contribution in [1.29, 1.82) is 0 Å². The number of aliphatic hydroxyl groups is 1. The number of carbonyl (C=O) groups excluding carboxylic acids is 2. The number of aliphatic hydroxyl groups excluding tert-OH is 1. The van der Waals surface area contributed by atoms with Gasteiger partial charge in [0.2, 0.25) is 0 Å². The number of Topliss-reactive ketones (excluding diaryl/α,β-unsaturated/α-hetero) is 1. The number of benzene rings is 1. The molecule has 4 N–H and O–H groups in total. The van der Waals surface area contributed by atoms with Crippen LogP contribution in [0, 0.1) is 0 Å². The van der Waals surface area contributed by atoms with Crippen LogP contribution >= 0.6 is 0 Å². The minimum absolute atomic E-state index is 0.117. The highest BCUT2D eigenvalue weighted by atomic mass is 16.3. The molecule has 1 atom stereocenters. The molecule has 0 fully saturated rings. The Bertz CT molecular complexity index is 460. The number of guanidine groups is 1. The van der Waals surface area contributed by atoms with E-state index in [4.69, 9.17) is 10.8 Å². The molecule has 0 saturated heterocycles. The minimum atomic E-state index is -0.690. The van der Waals surface area contributed by atoms with E-state index in [1.807, 2.05) is 30.3 Å². The molecule has 0 saturated carbocycles. The van der Waals surface area contributed by atoms with E-state index in [-0.39, 0.29) is 18.8 Å². The number of aldehydes is 1. The number of nitrogens with one attached hydrogen (secondary N) is 1. The Morgan fingerprint density at radius 3 is 2.70 bits per heavy atom. The Balaban J connectivity index is 2.57. The minimum Gasteiger partial charge on any atom is -0.389 e. The van der Waals surface area contributed by atoms with E-state index in [0.717, 1.165) is 11.8 Å². The van der Waals surface area contributed by atoms with Gasteiger partial charge in [-0.3, -0.25) is 4.79 Å². The highest BCUT2D eigenvalue weighted by molar-refractivity contribution is 5.90. The number of hydrogen-bond acceptors (Lipinski definition) is 4. The van der Waals surface area contributed by atoms with Crippen LogP contribution in [0.2, 0.25) is 0 Å². The fourth-order valence-corrected chi connectivity index (χ4v) is 1.64. The van der Waals surface area contributed by atoms with Crippen LogP contribution in [0.25, 0.3) is 0 Å². The van der Waals surface area contributed by atoms with Crippen LogP contribution in [-0.2, 0) is 16.1 Å². The van der Waals surface area contributed by atoms with Crippen molar-refractivity contribution in [2.75, 3.05) is 6.61 Å². The maximum atomic E-state index is 11.5. The smallest absolute Gasteiger partial charge is 0.189 e. The number of carbonyl (C=O) groups is 2. The highest BCUT2D eigenvalue weighted by Crippen LogP contribution is 2.01. The summed E-state index contributed by atoms with van der Waals surface area (Å²) in [5.74, 6) is -0.295. The Labute approximate surface area is 117 Å². The third-order valence-electron chi connectivity index (χ3n) is 2.71. The Kier molecular flexibility index (Phi) is 6.99. The predicted molar refractivity (Wildman–Crippen MR) is 76.1 cm³/mol. The Morgan fingerprint density at radius 1 is 1.40 bits per heavy atom. The second-order valence-electron chi connectivity index (χ2n) is 4.25. The molecule has 0 heterocycles. The van der Waals surface area contributed by atoms with Crippen molar-refractivity contribution in [2.24, 2.45) is 10.7 Å². The molecule has 20 heavy (non-hydrogen) atoms. The lowest BCUT2D eigenvalue weighted by Gasteiger charge is -2.16. The third kappa shape index (κ3) is 5.62. The summed E-state index contributed by atoms with van der Waals surface area (Å²) in [6.45, 7) is -0.199. The second kappa shape index (κ2) is 8.82. The summed E-state index contributed by atoms with van der Waals surface area (Å²) in [5.41, 5.74) is 6.70. The number of hydrogen-bond donors (Lipinski definition) is 3. The number of aliphatic imine (C=N–C) groups is 1. The topological polar surface area (TPSA) is 105 Å². The van der Waals surface area contributed by atoms with Gasteiger partial charge < -0.3 is 21.0 Å². The first-order valence-electron chi connectivity index (χ1n) is 6.35. The molecule has 108 valence electrons. The van der Waals surface area contributed by atoms with Gasteiger partial charge in [0.1, 0.15) is 12.9 Å². The summed E-state index contributed by atoms with van der Waals surface area (Å²) in [6, 6.07) is 8.85. The molecule has 0 amide bonds. The van der Waals surface area contributed by atoms with Gasteiger partial charge >= 0.3 is 0 Å². The molecule has 0 aliphatic rings. The summed E-state index contributed by atoms with van der Waals surface area (Å²) in [4.78, 5) is 26.0. The zero-order chi connectivity index (χ0) is 14.8. The van der Waals surface area contributed by atoms with Gasteiger partial charge in [-0.2, -0.15) is 0 Å². The van der Waals surface area contributed by atoms with Gasteiger partial charge in [-0.25, -0.2) is 4.99 Å². The number of ketones is 1. The van der Waals surface area contributed by atoms with Crippen LogP contribution in [0.4, 0.5) is 0 Å². The summed E-state index contributed by atoms with van der Waals surface area (Å²) in [7, 11) is 0. The maximum Gasteiger partial charge on any atom is 0.189 e. The van der Waals surface area contributed by atoms with Crippen molar-refractivity contribution in [3.63, 3.8) is 0 Å². The van der Waals surface area contributed by atoms with Gasteiger partial charge in [-0.15, -0.1) is 0 Å². The van der Waals surface area contributed by atoms with Gasteiger partial charge in [-0.05, 0) is 12.0 Å². The molecule has 0 bridgehead atoms. The molecule has 0 spiro atoms. The van der Waals surface area contributed by atoms with E-state index in [9.17, 15) is 9.59 Å². The van der Waals surface area contributed by atoms with Crippen molar-refractivity contribution in [2.45, 2.75) is 25.4 Å². The quantitative estimate of drug-likeness (QED) is 0.352. The molecular weight excluding hydrogens is 258 g/mol. The van der Waals surface area contributed by atoms with E-state index in [1.165, 1.54) is 0 Å². The lowest BCUT2D eigenvalue weighted by Crippen LogP contribution is -2.45. The Hall–Kier alpha value is -2.21. The zero-order valence-electron chi connectivity index (χ0n) is 11.2. The van der Waals surface area contributed by atoms with Crippen LogP contribution in [0.15, 0.2) is 35.3 Å². The van der Waals surface area contributed by atoms with E-state index < -0.39 is 18.4 Å². The van der Waals surface area contributed by atoms with E-state index in [2.05, 4.69) is 10.3 Å². The second-order valence-corrected chi connectivity index (χ2v) is 4.25. The SMILES string of the molecule is NC(=NCc1ccccc1)NC(CCC=O)C(=O)CO. The number of nitrogens with two attached hydrogens (primary N) is 1. The molecule has 0 aliphatic heterocycles. The third-order valence-corrected chi connectivity index (χ3v) is 2.71. The zero-order valence-corrected chi connectivity index (χ0v) is 11.2. The van der Waals surface area contributed by atoms with Crippen molar-refractivity contribution in [1.82, 2.24) is 5.32 Å². The van der Waals surface area contributed by atoms with E-state index in [1.54, 1.807) is 0 Å².